The SMILES string of the molecule is CCO[C@@H]1CCn2c(nnc2[C@H]2CCC[C@@H](Nc3ncc(C(F)(F)F)c(OC4COC4)n3)C2)C1. The molecule has 9 nitrogen and oxygen atoms in total. The van der Waals surface area contributed by atoms with Gasteiger partial charge >= 0.3 is 6.18 Å². The van der Waals surface area contributed by atoms with Crippen LogP contribution < -0.4 is 10.1 Å². The molecule has 0 spiro atoms. The average molecular weight is 483 g/mol. The van der Waals surface area contributed by atoms with Gasteiger partial charge in [-0.25, -0.2) is 4.98 Å². The van der Waals surface area contributed by atoms with E-state index in [-0.39, 0.29) is 37.2 Å². The molecular formula is C22H29F3N6O3. The van der Waals surface area contributed by atoms with Crippen LogP contribution in [0.1, 0.15) is 62.2 Å². The third-order valence-corrected chi connectivity index (χ3v) is 6.66. The zero-order valence-corrected chi connectivity index (χ0v) is 19.1. The Labute approximate surface area is 195 Å². The summed E-state index contributed by atoms with van der Waals surface area (Å²) < 4.78 is 58.6. The molecule has 12 heteroatoms. The zero-order chi connectivity index (χ0) is 23.7. The standard InChI is InChI=1S/C22H29F3N6O3/c1-2-33-15-6-7-31-18(9-15)29-30-19(31)13-4-3-5-14(8-13)27-21-26-10-17(22(23,24)25)20(28-21)34-16-11-32-12-16/h10,13-16H,2-9,11-12H2,1H3,(H,26,27,28)/t13-,14+,15+/m0/s1. The van der Waals surface area contributed by atoms with E-state index in [9.17, 15) is 13.2 Å². The Morgan fingerprint density at radius 2 is 2.03 bits per heavy atom. The highest BCUT2D eigenvalue weighted by Crippen LogP contribution is 2.37. The lowest BCUT2D eigenvalue weighted by Gasteiger charge is -2.31. The molecule has 1 aliphatic carbocycles. The summed E-state index contributed by atoms with van der Waals surface area (Å²) in [5, 5.41) is 12.1. The lowest BCUT2D eigenvalue weighted by molar-refractivity contribution is -0.142. The number of nitrogens with one attached hydrogen (secondary N) is 1. The number of ether oxygens (including phenoxy) is 3. The second kappa shape index (κ2) is 9.65. The average Bonchev–Trinajstić information content (AvgIpc) is 3.19. The van der Waals surface area contributed by atoms with Gasteiger partial charge in [-0.15, -0.1) is 10.2 Å². The van der Waals surface area contributed by atoms with E-state index in [0.717, 1.165) is 62.9 Å². The number of hydrogen-bond donors (Lipinski definition) is 1. The van der Waals surface area contributed by atoms with E-state index in [1.165, 1.54) is 0 Å². The number of rotatable bonds is 7. The van der Waals surface area contributed by atoms with E-state index in [4.69, 9.17) is 14.2 Å². The van der Waals surface area contributed by atoms with Crippen molar-refractivity contribution in [3.8, 4) is 5.88 Å². The summed E-state index contributed by atoms with van der Waals surface area (Å²) in [7, 11) is 0. The largest absolute Gasteiger partial charge is 0.469 e. The first-order valence-electron chi connectivity index (χ1n) is 11.9. The molecule has 2 aliphatic heterocycles. The second-order valence-corrected chi connectivity index (χ2v) is 9.09. The first-order chi connectivity index (χ1) is 16.4. The quantitative estimate of drug-likeness (QED) is 0.642. The van der Waals surface area contributed by atoms with Crippen molar-refractivity contribution in [1.82, 2.24) is 24.7 Å². The molecule has 2 fully saturated rings. The molecule has 3 atom stereocenters. The molecular weight excluding hydrogens is 453 g/mol. The number of alkyl halides is 3. The van der Waals surface area contributed by atoms with Crippen molar-refractivity contribution in [1.29, 1.82) is 0 Å². The van der Waals surface area contributed by atoms with Gasteiger partial charge in [0.15, 0.2) is 0 Å². The molecule has 186 valence electrons. The maximum absolute atomic E-state index is 13.4. The van der Waals surface area contributed by atoms with E-state index >= 15 is 0 Å². The number of nitrogens with zero attached hydrogens (tertiary/aromatic N) is 5. The Balaban J connectivity index is 1.27. The monoisotopic (exact) mass is 482 g/mol. The molecule has 0 unspecified atom stereocenters. The Morgan fingerprint density at radius 3 is 2.76 bits per heavy atom. The highest BCUT2D eigenvalue weighted by Gasteiger charge is 2.38. The molecule has 1 saturated carbocycles. The van der Waals surface area contributed by atoms with Crippen LogP contribution in [0.3, 0.4) is 0 Å². The second-order valence-electron chi connectivity index (χ2n) is 9.09. The van der Waals surface area contributed by atoms with Crippen molar-refractivity contribution < 1.29 is 27.4 Å². The summed E-state index contributed by atoms with van der Waals surface area (Å²) in [6.07, 6.45) is 1.28. The Morgan fingerprint density at radius 1 is 1.18 bits per heavy atom. The van der Waals surface area contributed by atoms with Crippen LogP contribution in [-0.2, 0) is 28.6 Å². The van der Waals surface area contributed by atoms with Gasteiger partial charge in [0.1, 0.15) is 23.3 Å². The van der Waals surface area contributed by atoms with Gasteiger partial charge < -0.3 is 24.1 Å². The fourth-order valence-electron chi connectivity index (χ4n) is 4.90. The van der Waals surface area contributed by atoms with Gasteiger partial charge in [0.25, 0.3) is 0 Å². The number of aromatic nitrogens is 5. The fourth-order valence-corrected chi connectivity index (χ4v) is 4.90. The fraction of sp³-hybridized carbons (Fsp3) is 0.727. The minimum atomic E-state index is -4.59. The number of halogens is 3. The molecule has 1 saturated heterocycles. The van der Waals surface area contributed by atoms with Crippen molar-refractivity contribution >= 4 is 5.95 Å². The van der Waals surface area contributed by atoms with Gasteiger partial charge in [-0.05, 0) is 32.6 Å². The normalized spacial score (nSPS) is 25.5. The zero-order valence-electron chi connectivity index (χ0n) is 19.1. The third kappa shape index (κ3) is 4.97. The molecule has 0 radical (unpaired) electrons. The van der Waals surface area contributed by atoms with Crippen molar-refractivity contribution in [2.24, 2.45) is 0 Å². The summed E-state index contributed by atoms with van der Waals surface area (Å²) in [5.74, 6) is 1.84. The topological polar surface area (TPSA) is 96.2 Å². The molecule has 0 bridgehead atoms. The van der Waals surface area contributed by atoms with Crippen molar-refractivity contribution in [3.05, 3.63) is 23.4 Å². The van der Waals surface area contributed by atoms with Gasteiger partial charge in [0.05, 0.1) is 19.3 Å². The summed E-state index contributed by atoms with van der Waals surface area (Å²) in [6, 6.07) is 0.0167. The number of anilines is 1. The smallest absolute Gasteiger partial charge is 0.423 e. The predicted octanol–water partition coefficient (Wildman–Crippen LogP) is 3.35. The Hall–Kier alpha value is -2.47. The molecule has 34 heavy (non-hydrogen) atoms. The predicted molar refractivity (Wildman–Crippen MR) is 115 cm³/mol. The maximum Gasteiger partial charge on any atom is 0.423 e. The van der Waals surface area contributed by atoms with E-state index in [1.54, 1.807) is 0 Å². The van der Waals surface area contributed by atoms with Crippen LogP contribution in [-0.4, -0.2) is 62.8 Å². The van der Waals surface area contributed by atoms with E-state index in [1.807, 2.05) is 6.92 Å². The number of fused-ring (bicyclic) bond motifs is 1. The van der Waals surface area contributed by atoms with E-state index in [2.05, 4.69) is 30.0 Å². The molecule has 5 rings (SSSR count). The molecule has 0 amide bonds. The molecule has 2 aromatic heterocycles. The van der Waals surface area contributed by atoms with Crippen molar-refractivity contribution in [2.45, 2.75) is 82.3 Å². The van der Waals surface area contributed by atoms with E-state index in [0.29, 0.717) is 6.61 Å². The molecule has 3 aliphatic rings. The van der Waals surface area contributed by atoms with Gasteiger partial charge in [-0.1, -0.05) is 6.42 Å². The maximum atomic E-state index is 13.4. The lowest BCUT2D eigenvalue weighted by atomic mass is 9.85. The lowest BCUT2D eigenvalue weighted by Crippen LogP contribution is -2.39. The van der Waals surface area contributed by atoms with Crippen LogP contribution in [0.2, 0.25) is 0 Å². The summed E-state index contributed by atoms with van der Waals surface area (Å²) >= 11 is 0. The van der Waals surface area contributed by atoms with Crippen molar-refractivity contribution in [2.75, 3.05) is 25.1 Å². The van der Waals surface area contributed by atoms with Crippen LogP contribution in [0.4, 0.5) is 19.1 Å². The number of hydrogen-bond acceptors (Lipinski definition) is 8. The first-order valence-corrected chi connectivity index (χ1v) is 11.9. The van der Waals surface area contributed by atoms with Crippen molar-refractivity contribution in [3.63, 3.8) is 0 Å². The van der Waals surface area contributed by atoms with Crippen LogP contribution in [0.15, 0.2) is 6.20 Å². The molecule has 4 heterocycles. The van der Waals surface area contributed by atoms with Gasteiger partial charge in [-0.3, -0.25) is 0 Å². The van der Waals surface area contributed by atoms with Gasteiger partial charge in [-0.2, -0.15) is 18.2 Å². The minimum Gasteiger partial charge on any atom is -0.469 e. The highest BCUT2D eigenvalue weighted by molar-refractivity contribution is 5.36. The van der Waals surface area contributed by atoms with Gasteiger partial charge in [0, 0.05) is 37.7 Å². The summed E-state index contributed by atoms with van der Waals surface area (Å²) in [5.41, 5.74) is -0.980. The molecule has 2 aromatic rings. The van der Waals surface area contributed by atoms with E-state index < -0.39 is 23.7 Å². The minimum absolute atomic E-state index is 0.0167. The summed E-state index contributed by atoms with van der Waals surface area (Å²) in [4.78, 5) is 8.01. The van der Waals surface area contributed by atoms with Crippen LogP contribution in [0.25, 0.3) is 0 Å². The van der Waals surface area contributed by atoms with Crippen LogP contribution in [0, 0.1) is 0 Å². The molecule has 1 N–H and O–H groups in total. The Kier molecular flexibility index (Phi) is 6.61. The van der Waals surface area contributed by atoms with Crippen LogP contribution in [0.5, 0.6) is 5.88 Å². The Bertz CT molecular complexity index is 997. The third-order valence-electron chi connectivity index (χ3n) is 6.66. The highest BCUT2D eigenvalue weighted by atomic mass is 19.4. The first kappa shape index (κ1) is 23.3. The molecule has 0 aromatic carbocycles. The summed E-state index contributed by atoms with van der Waals surface area (Å²) in [6.45, 7) is 4.03. The van der Waals surface area contributed by atoms with Gasteiger partial charge in [0.2, 0.25) is 11.8 Å². The van der Waals surface area contributed by atoms with Crippen LogP contribution >= 0.6 is 0 Å².